The first-order chi connectivity index (χ1) is 12.4. The number of hydrogen-bond acceptors (Lipinski definition) is 2. The average Bonchev–Trinajstić information content (AvgIpc) is 2.63. The lowest BCUT2D eigenvalue weighted by Gasteiger charge is -2.35. The van der Waals surface area contributed by atoms with E-state index in [0.717, 1.165) is 0 Å². The van der Waals surface area contributed by atoms with Crippen molar-refractivity contribution in [2.45, 2.75) is 0 Å². The summed E-state index contributed by atoms with van der Waals surface area (Å²) in [6.07, 6.45) is 0. The molecule has 0 radical (unpaired) electrons. The van der Waals surface area contributed by atoms with Crippen LogP contribution >= 0.6 is 34.8 Å². The fourth-order valence-corrected chi connectivity index (χ4v) is 3.33. The Morgan fingerprint density at radius 2 is 1.42 bits per heavy atom. The van der Waals surface area contributed by atoms with Crippen molar-refractivity contribution in [3.63, 3.8) is 0 Å². The molecule has 136 valence electrons. The van der Waals surface area contributed by atoms with Gasteiger partial charge < -0.3 is 9.80 Å². The Morgan fingerprint density at radius 1 is 0.808 bits per heavy atom. The number of rotatable bonds is 2. The monoisotopic (exact) mass is 414 g/mol. The van der Waals surface area contributed by atoms with Gasteiger partial charge in [-0.25, -0.2) is 4.39 Å². The van der Waals surface area contributed by atoms with E-state index in [9.17, 15) is 14.0 Å². The highest BCUT2D eigenvalue weighted by Gasteiger charge is 2.28. The molecule has 1 fully saturated rings. The third-order valence-electron chi connectivity index (χ3n) is 4.20. The molecule has 0 bridgehead atoms. The first kappa shape index (κ1) is 19.0. The lowest BCUT2D eigenvalue weighted by molar-refractivity contribution is 0.0533. The van der Waals surface area contributed by atoms with Gasteiger partial charge in [-0.3, -0.25) is 9.59 Å². The second kappa shape index (κ2) is 7.82. The Labute approximate surface area is 165 Å². The van der Waals surface area contributed by atoms with Gasteiger partial charge in [-0.05, 0) is 30.3 Å². The molecule has 0 spiro atoms. The molecule has 26 heavy (non-hydrogen) atoms. The molecule has 1 heterocycles. The lowest BCUT2D eigenvalue weighted by Crippen LogP contribution is -2.50. The molecule has 0 aliphatic carbocycles. The minimum Gasteiger partial charge on any atom is -0.335 e. The van der Waals surface area contributed by atoms with Gasteiger partial charge in [-0.15, -0.1) is 0 Å². The number of carbonyl (C=O) groups is 2. The van der Waals surface area contributed by atoms with Crippen molar-refractivity contribution in [1.29, 1.82) is 0 Å². The van der Waals surface area contributed by atoms with Gasteiger partial charge in [0.2, 0.25) is 0 Å². The maximum Gasteiger partial charge on any atom is 0.258 e. The van der Waals surface area contributed by atoms with Crippen molar-refractivity contribution in [2.24, 2.45) is 0 Å². The normalized spacial score (nSPS) is 14.5. The fourth-order valence-electron chi connectivity index (χ4n) is 2.78. The minimum absolute atomic E-state index is 0.0734. The van der Waals surface area contributed by atoms with Gasteiger partial charge in [0, 0.05) is 31.7 Å². The second-order valence-corrected chi connectivity index (χ2v) is 7.03. The van der Waals surface area contributed by atoms with E-state index in [0.29, 0.717) is 28.7 Å². The fraction of sp³-hybridized carbons (Fsp3) is 0.222. The molecule has 2 amide bonds. The predicted molar refractivity (Wildman–Crippen MR) is 99.7 cm³/mol. The first-order valence-corrected chi connectivity index (χ1v) is 8.99. The quantitative estimate of drug-likeness (QED) is 0.730. The molecule has 1 saturated heterocycles. The van der Waals surface area contributed by atoms with Gasteiger partial charge in [0.1, 0.15) is 5.82 Å². The number of amides is 2. The number of carbonyl (C=O) groups excluding carboxylic acids is 2. The second-order valence-electron chi connectivity index (χ2n) is 5.81. The summed E-state index contributed by atoms with van der Waals surface area (Å²) in [5.41, 5.74) is 0.287. The van der Waals surface area contributed by atoms with Crippen LogP contribution in [0.25, 0.3) is 0 Å². The van der Waals surface area contributed by atoms with E-state index in [1.807, 2.05) is 0 Å². The lowest BCUT2D eigenvalue weighted by atomic mass is 10.1. The van der Waals surface area contributed by atoms with Crippen molar-refractivity contribution in [1.82, 2.24) is 9.80 Å². The largest absolute Gasteiger partial charge is 0.335 e. The van der Waals surface area contributed by atoms with Crippen LogP contribution in [0.4, 0.5) is 4.39 Å². The number of piperazine rings is 1. The Kier molecular flexibility index (Phi) is 5.70. The van der Waals surface area contributed by atoms with Gasteiger partial charge in [-0.1, -0.05) is 40.9 Å². The van der Waals surface area contributed by atoms with Crippen LogP contribution in [0.5, 0.6) is 0 Å². The van der Waals surface area contributed by atoms with Crippen LogP contribution in [0, 0.1) is 5.82 Å². The van der Waals surface area contributed by atoms with Crippen LogP contribution < -0.4 is 0 Å². The van der Waals surface area contributed by atoms with E-state index in [1.54, 1.807) is 17.0 Å². The van der Waals surface area contributed by atoms with Crippen LogP contribution in [0.2, 0.25) is 15.1 Å². The summed E-state index contributed by atoms with van der Waals surface area (Å²) in [6, 6.07) is 8.81. The summed E-state index contributed by atoms with van der Waals surface area (Å²) in [5.74, 6) is -1.33. The van der Waals surface area contributed by atoms with E-state index in [1.165, 1.54) is 29.2 Å². The molecule has 4 nitrogen and oxygen atoms in total. The summed E-state index contributed by atoms with van der Waals surface area (Å²) in [6.45, 7) is 1.24. The smallest absolute Gasteiger partial charge is 0.258 e. The van der Waals surface area contributed by atoms with Crippen LogP contribution in [-0.2, 0) is 0 Å². The molecule has 0 aromatic heterocycles. The molecule has 0 saturated carbocycles. The molecule has 2 aromatic carbocycles. The molecular weight excluding hydrogens is 402 g/mol. The molecule has 2 aromatic rings. The number of benzene rings is 2. The number of halogens is 4. The number of nitrogens with zero attached hydrogens (tertiary/aromatic N) is 2. The highest BCUT2D eigenvalue weighted by Crippen LogP contribution is 2.24. The summed E-state index contributed by atoms with van der Waals surface area (Å²) < 4.78 is 13.9. The summed E-state index contributed by atoms with van der Waals surface area (Å²) in [4.78, 5) is 28.2. The maximum atomic E-state index is 13.9. The van der Waals surface area contributed by atoms with Crippen LogP contribution in [-0.4, -0.2) is 47.8 Å². The van der Waals surface area contributed by atoms with E-state index in [2.05, 4.69) is 0 Å². The van der Waals surface area contributed by atoms with Gasteiger partial charge >= 0.3 is 0 Å². The van der Waals surface area contributed by atoms with Crippen molar-refractivity contribution >= 4 is 46.6 Å². The maximum absolute atomic E-state index is 13.9. The minimum atomic E-state index is -0.656. The topological polar surface area (TPSA) is 40.6 Å². The number of hydrogen-bond donors (Lipinski definition) is 0. The molecule has 3 rings (SSSR count). The summed E-state index contributed by atoms with van der Waals surface area (Å²) in [7, 11) is 0. The third-order valence-corrected chi connectivity index (χ3v) is 5.25. The molecule has 1 aliphatic heterocycles. The van der Waals surface area contributed by atoms with Crippen molar-refractivity contribution in [3.8, 4) is 0 Å². The van der Waals surface area contributed by atoms with Gasteiger partial charge in [0.15, 0.2) is 0 Å². The Balaban J connectivity index is 1.68. The zero-order valence-corrected chi connectivity index (χ0v) is 15.8. The van der Waals surface area contributed by atoms with Crippen LogP contribution in [0.3, 0.4) is 0 Å². The van der Waals surface area contributed by atoms with E-state index >= 15 is 0 Å². The highest BCUT2D eigenvalue weighted by molar-refractivity contribution is 6.42. The first-order valence-electron chi connectivity index (χ1n) is 7.86. The SMILES string of the molecule is O=C(c1ccc(Cl)c(Cl)c1)N1CCN(C(=O)c2c(F)cccc2Cl)CC1. The highest BCUT2D eigenvalue weighted by atomic mass is 35.5. The average molecular weight is 416 g/mol. The molecule has 0 atom stereocenters. The van der Waals surface area contributed by atoms with E-state index < -0.39 is 11.7 Å². The third kappa shape index (κ3) is 3.80. The van der Waals surface area contributed by atoms with Crippen molar-refractivity contribution in [2.75, 3.05) is 26.2 Å². The van der Waals surface area contributed by atoms with Crippen LogP contribution in [0.1, 0.15) is 20.7 Å². The zero-order valence-electron chi connectivity index (χ0n) is 13.5. The Morgan fingerprint density at radius 3 is 2.00 bits per heavy atom. The van der Waals surface area contributed by atoms with Crippen molar-refractivity contribution < 1.29 is 14.0 Å². The molecule has 1 aliphatic rings. The van der Waals surface area contributed by atoms with Crippen LogP contribution in [0.15, 0.2) is 36.4 Å². The molecule has 8 heteroatoms. The van der Waals surface area contributed by atoms with Gasteiger partial charge in [0.25, 0.3) is 11.8 Å². The summed E-state index contributed by atoms with van der Waals surface area (Å²) in [5, 5.41) is 0.755. The summed E-state index contributed by atoms with van der Waals surface area (Å²) >= 11 is 17.8. The van der Waals surface area contributed by atoms with E-state index in [-0.39, 0.29) is 29.6 Å². The zero-order chi connectivity index (χ0) is 18.8. The molecule has 0 N–H and O–H groups in total. The molecule has 0 unspecified atom stereocenters. The van der Waals surface area contributed by atoms with Gasteiger partial charge in [0.05, 0.1) is 20.6 Å². The standard InChI is InChI=1S/C18H14Cl3FN2O2/c19-12-5-4-11(10-14(12)21)17(25)23-6-8-24(9-7-23)18(26)16-13(20)2-1-3-15(16)22/h1-5,10H,6-9H2. The Bertz CT molecular complexity index is 847. The van der Waals surface area contributed by atoms with Crippen molar-refractivity contribution in [3.05, 3.63) is 68.4 Å². The van der Waals surface area contributed by atoms with Gasteiger partial charge in [-0.2, -0.15) is 0 Å². The van der Waals surface area contributed by atoms with E-state index in [4.69, 9.17) is 34.8 Å². The molecular formula is C18H14Cl3FN2O2. The Hall–Kier alpha value is -1.82. The predicted octanol–water partition coefficient (Wildman–Crippen LogP) is 4.38.